The molecule has 228 valence electrons. The summed E-state index contributed by atoms with van der Waals surface area (Å²) in [6.45, 7) is -0.0160. The molecule has 1 amide bonds. The summed E-state index contributed by atoms with van der Waals surface area (Å²) in [6.07, 6.45) is 10.2. The standard InChI is InChI=1S/C33H30FN7O3S/c1-45(43,44)37-15-19-9-21(11-24(34)10-19)26-7-4-8-29-27(26)14-30(39-29)31-28-13-23(17-36-32(28)41-40-31)22-12-25(18-35-16-22)38-33(42)20-5-2-3-6-20/h4,7-14,16-18,20,37,39H,2-3,5-6,15H2,1H3,(H,38,42)(H,36,40,41). The number of anilines is 1. The summed E-state index contributed by atoms with van der Waals surface area (Å²) >= 11 is 0. The van der Waals surface area contributed by atoms with Gasteiger partial charge in [0.25, 0.3) is 0 Å². The van der Waals surface area contributed by atoms with Crippen LogP contribution in [0, 0.1) is 11.7 Å². The fraction of sp³-hybridized carbons (Fsp3) is 0.212. The molecule has 12 heteroatoms. The fourth-order valence-corrected chi connectivity index (χ4v) is 6.45. The topological polar surface area (TPSA) is 146 Å². The van der Waals surface area contributed by atoms with Crippen molar-refractivity contribution in [3.05, 3.63) is 84.6 Å². The van der Waals surface area contributed by atoms with Crippen molar-refractivity contribution in [2.75, 3.05) is 11.6 Å². The van der Waals surface area contributed by atoms with E-state index >= 15 is 0 Å². The summed E-state index contributed by atoms with van der Waals surface area (Å²) in [7, 11) is -3.43. The van der Waals surface area contributed by atoms with Gasteiger partial charge in [0, 0.05) is 52.3 Å². The molecule has 1 saturated carbocycles. The Hall–Kier alpha value is -4.94. The molecule has 1 aliphatic rings. The van der Waals surface area contributed by atoms with Crippen molar-refractivity contribution in [3.63, 3.8) is 0 Å². The second kappa shape index (κ2) is 11.5. The molecule has 0 atom stereocenters. The van der Waals surface area contributed by atoms with Crippen molar-refractivity contribution < 1.29 is 17.6 Å². The van der Waals surface area contributed by atoms with Crippen LogP contribution in [0.1, 0.15) is 31.2 Å². The molecule has 0 unspecified atom stereocenters. The lowest BCUT2D eigenvalue weighted by atomic mass is 9.99. The van der Waals surface area contributed by atoms with Gasteiger partial charge in [-0.3, -0.25) is 14.9 Å². The van der Waals surface area contributed by atoms with Crippen LogP contribution in [0.3, 0.4) is 0 Å². The lowest BCUT2D eigenvalue weighted by Gasteiger charge is -2.11. The van der Waals surface area contributed by atoms with Crippen molar-refractivity contribution >= 4 is 43.6 Å². The first-order valence-corrected chi connectivity index (χ1v) is 16.6. The number of aromatic nitrogens is 5. The highest BCUT2D eigenvalue weighted by molar-refractivity contribution is 7.88. The van der Waals surface area contributed by atoms with Crippen LogP contribution in [0.15, 0.2) is 73.2 Å². The molecule has 0 aliphatic heterocycles. The maximum absolute atomic E-state index is 14.6. The van der Waals surface area contributed by atoms with Gasteiger partial charge >= 0.3 is 0 Å². The molecule has 0 saturated heterocycles. The number of fused-ring (bicyclic) bond motifs is 2. The second-order valence-corrected chi connectivity index (χ2v) is 13.3. The number of aromatic amines is 2. The molecule has 10 nitrogen and oxygen atoms in total. The van der Waals surface area contributed by atoms with Crippen LogP contribution in [0.25, 0.3) is 55.6 Å². The van der Waals surface area contributed by atoms with E-state index in [0.29, 0.717) is 28.2 Å². The normalized spacial score (nSPS) is 14.0. The summed E-state index contributed by atoms with van der Waals surface area (Å²) in [5, 5.41) is 12.2. The highest BCUT2D eigenvalue weighted by Gasteiger charge is 2.23. The Balaban J connectivity index is 1.22. The quantitative estimate of drug-likeness (QED) is 0.160. The van der Waals surface area contributed by atoms with Crippen LogP contribution in [-0.4, -0.2) is 45.7 Å². The van der Waals surface area contributed by atoms with E-state index in [1.807, 2.05) is 36.4 Å². The van der Waals surface area contributed by atoms with Crippen molar-refractivity contribution in [2.45, 2.75) is 32.2 Å². The summed E-state index contributed by atoms with van der Waals surface area (Å²) in [4.78, 5) is 25.1. The number of pyridine rings is 2. The SMILES string of the molecule is CS(=O)(=O)NCc1cc(F)cc(-c2cccc3[nH]c(-c4n[nH]c5ncc(-c6cncc(NC(=O)C7CCCC7)c6)cc45)cc23)c1. The zero-order chi connectivity index (χ0) is 31.1. The third-order valence-corrected chi connectivity index (χ3v) is 8.88. The van der Waals surface area contributed by atoms with Gasteiger partial charge in [0.15, 0.2) is 5.65 Å². The molecule has 4 N–H and O–H groups in total. The molecule has 1 aliphatic carbocycles. The molecule has 1 fully saturated rings. The zero-order valence-electron chi connectivity index (χ0n) is 24.4. The minimum atomic E-state index is -3.43. The highest BCUT2D eigenvalue weighted by atomic mass is 32.2. The summed E-state index contributed by atoms with van der Waals surface area (Å²) < 4.78 is 40.2. The van der Waals surface area contributed by atoms with E-state index in [2.05, 4.69) is 35.2 Å². The number of rotatable bonds is 8. The number of nitrogens with zero attached hydrogens (tertiary/aromatic N) is 3. The Morgan fingerprint density at radius 1 is 0.978 bits per heavy atom. The molecule has 6 aromatic rings. The lowest BCUT2D eigenvalue weighted by Crippen LogP contribution is -2.21. The first-order chi connectivity index (χ1) is 21.7. The van der Waals surface area contributed by atoms with Crippen molar-refractivity contribution in [1.82, 2.24) is 29.9 Å². The Kier molecular flexibility index (Phi) is 7.38. The fourth-order valence-electron chi connectivity index (χ4n) is 6.02. The lowest BCUT2D eigenvalue weighted by molar-refractivity contribution is -0.119. The molecule has 2 aromatic carbocycles. The number of nitrogens with one attached hydrogen (secondary N) is 4. The third-order valence-electron chi connectivity index (χ3n) is 8.21. The van der Waals surface area contributed by atoms with E-state index in [1.54, 1.807) is 24.7 Å². The number of hydrogen-bond acceptors (Lipinski definition) is 6. The predicted octanol–water partition coefficient (Wildman–Crippen LogP) is 6.15. The maximum Gasteiger partial charge on any atom is 0.227 e. The van der Waals surface area contributed by atoms with E-state index < -0.39 is 15.8 Å². The number of carbonyl (C=O) groups is 1. The average molecular weight is 624 g/mol. The molecule has 4 heterocycles. The molecular formula is C33H30FN7O3S. The van der Waals surface area contributed by atoms with Crippen LogP contribution >= 0.6 is 0 Å². The van der Waals surface area contributed by atoms with E-state index in [1.165, 1.54) is 12.1 Å². The summed E-state index contributed by atoms with van der Waals surface area (Å²) in [5.74, 6) is -0.369. The van der Waals surface area contributed by atoms with Gasteiger partial charge < -0.3 is 10.3 Å². The van der Waals surface area contributed by atoms with Gasteiger partial charge in [-0.2, -0.15) is 5.10 Å². The van der Waals surface area contributed by atoms with Gasteiger partial charge in [0.05, 0.1) is 23.8 Å². The Morgan fingerprint density at radius 2 is 1.80 bits per heavy atom. The molecule has 45 heavy (non-hydrogen) atoms. The molecule has 0 bridgehead atoms. The zero-order valence-corrected chi connectivity index (χ0v) is 25.2. The van der Waals surface area contributed by atoms with Gasteiger partial charge in [0.1, 0.15) is 11.5 Å². The van der Waals surface area contributed by atoms with E-state index in [0.717, 1.165) is 70.6 Å². The molecular weight excluding hydrogens is 593 g/mol. The van der Waals surface area contributed by atoms with E-state index in [4.69, 9.17) is 0 Å². The highest BCUT2D eigenvalue weighted by Crippen LogP contribution is 2.35. The minimum Gasteiger partial charge on any atom is -0.353 e. The van der Waals surface area contributed by atoms with Crippen molar-refractivity contribution in [1.29, 1.82) is 0 Å². The van der Waals surface area contributed by atoms with Crippen LogP contribution in [0.5, 0.6) is 0 Å². The monoisotopic (exact) mass is 623 g/mol. The summed E-state index contributed by atoms with van der Waals surface area (Å²) in [6, 6.07) is 16.1. The first kappa shape index (κ1) is 28.8. The van der Waals surface area contributed by atoms with Gasteiger partial charge in [-0.25, -0.2) is 22.5 Å². The van der Waals surface area contributed by atoms with E-state index in [9.17, 15) is 17.6 Å². The van der Waals surface area contributed by atoms with Crippen molar-refractivity contribution in [2.24, 2.45) is 5.92 Å². The number of halogens is 1. The average Bonchev–Trinajstić information content (AvgIpc) is 3.79. The van der Waals surface area contributed by atoms with Crippen LogP contribution in [-0.2, 0) is 21.4 Å². The molecule has 4 aromatic heterocycles. The number of amides is 1. The van der Waals surface area contributed by atoms with Gasteiger partial charge in [-0.15, -0.1) is 0 Å². The largest absolute Gasteiger partial charge is 0.353 e. The summed E-state index contributed by atoms with van der Waals surface area (Å²) in [5.41, 5.74) is 7.05. The number of H-pyrrole nitrogens is 2. The molecule has 7 rings (SSSR count). The van der Waals surface area contributed by atoms with Crippen LogP contribution in [0.2, 0.25) is 0 Å². The third kappa shape index (κ3) is 6.06. The van der Waals surface area contributed by atoms with Gasteiger partial charge in [-0.1, -0.05) is 25.0 Å². The number of benzene rings is 2. The first-order valence-electron chi connectivity index (χ1n) is 14.7. The van der Waals surface area contributed by atoms with Crippen LogP contribution in [0.4, 0.5) is 10.1 Å². The second-order valence-electron chi connectivity index (χ2n) is 11.5. The Morgan fingerprint density at radius 3 is 2.62 bits per heavy atom. The van der Waals surface area contributed by atoms with E-state index in [-0.39, 0.29) is 18.4 Å². The predicted molar refractivity (Wildman–Crippen MR) is 172 cm³/mol. The molecule has 0 radical (unpaired) electrons. The molecule has 0 spiro atoms. The smallest absolute Gasteiger partial charge is 0.227 e. The van der Waals surface area contributed by atoms with Crippen molar-refractivity contribution in [3.8, 4) is 33.6 Å². The number of hydrogen-bond donors (Lipinski definition) is 4. The maximum atomic E-state index is 14.6. The minimum absolute atomic E-state index is 0.0160. The van der Waals surface area contributed by atoms with Gasteiger partial charge in [-0.05, 0) is 72.0 Å². The Bertz CT molecular complexity index is 2190. The Labute approximate surface area is 258 Å². The van der Waals surface area contributed by atoms with Crippen LogP contribution < -0.4 is 10.0 Å². The number of sulfonamides is 1. The number of carbonyl (C=O) groups excluding carboxylic acids is 1. The van der Waals surface area contributed by atoms with Gasteiger partial charge in [0.2, 0.25) is 15.9 Å².